The average Bonchev–Trinajstić information content (AvgIpc) is 3.71. The van der Waals surface area contributed by atoms with E-state index in [2.05, 4.69) is 20.6 Å². The summed E-state index contributed by atoms with van der Waals surface area (Å²) < 4.78 is 2.55. The minimum atomic E-state index is -1.27. The molecule has 0 spiro atoms. The van der Waals surface area contributed by atoms with Crippen LogP contribution in [-0.4, -0.2) is 72.3 Å². The summed E-state index contributed by atoms with van der Waals surface area (Å²) in [6.45, 7) is 0. The van der Waals surface area contributed by atoms with Gasteiger partial charge >= 0.3 is 11.9 Å². The van der Waals surface area contributed by atoms with Crippen molar-refractivity contribution in [3.05, 3.63) is 96.3 Å². The minimum absolute atomic E-state index is 0.150. The minimum Gasteiger partial charge on any atom is -0.505 e. The molecule has 4 heterocycles. The van der Waals surface area contributed by atoms with Crippen LogP contribution in [0.25, 0.3) is 56.0 Å². The van der Waals surface area contributed by atoms with E-state index in [1.54, 1.807) is 12.1 Å². The third-order valence-electron chi connectivity index (χ3n) is 7.02. The topological polar surface area (TPSA) is 202 Å². The van der Waals surface area contributed by atoms with E-state index in [1.807, 2.05) is 24.3 Å². The number of rotatable bonds is 6. The first-order chi connectivity index (χ1) is 21.3. The molecule has 0 unspecified atom stereocenters. The molecule has 0 atom stereocenters. The van der Waals surface area contributed by atoms with Gasteiger partial charge in [0.05, 0.1) is 34.8 Å². The molecule has 0 fully saturated rings. The molecule has 0 aliphatic heterocycles. The Balaban J connectivity index is 1.28. The Morgan fingerprint density at radius 3 is 1.36 bits per heavy atom. The fraction of sp³-hybridized carbons (Fsp3) is 0. The van der Waals surface area contributed by atoms with Gasteiger partial charge in [0.25, 0.3) is 0 Å². The van der Waals surface area contributed by atoms with Gasteiger partial charge in [-0.1, -0.05) is 46.8 Å². The van der Waals surface area contributed by atoms with Crippen LogP contribution < -0.4 is 0 Å². The summed E-state index contributed by atoms with van der Waals surface area (Å²) in [5.74, 6) is -3.42. The van der Waals surface area contributed by atoms with Gasteiger partial charge in [0.15, 0.2) is 11.5 Å². The van der Waals surface area contributed by atoms with Gasteiger partial charge in [-0.25, -0.2) is 28.9 Å². The van der Waals surface area contributed by atoms with E-state index in [0.29, 0.717) is 33.8 Å². The molecule has 7 rings (SSSR count). The summed E-state index contributed by atoms with van der Waals surface area (Å²) in [5.41, 5.74) is 2.63. The van der Waals surface area contributed by atoms with Crippen LogP contribution in [0, 0.1) is 0 Å². The van der Waals surface area contributed by atoms with E-state index in [1.165, 1.54) is 58.2 Å². The number of pyridine rings is 2. The van der Waals surface area contributed by atoms with Crippen molar-refractivity contribution in [3.8, 4) is 45.6 Å². The van der Waals surface area contributed by atoms with E-state index in [-0.39, 0.29) is 22.5 Å². The zero-order valence-corrected chi connectivity index (χ0v) is 22.3. The summed E-state index contributed by atoms with van der Waals surface area (Å²) in [6.07, 6.45) is 3.07. The zero-order chi connectivity index (χ0) is 30.5. The number of aromatic hydroxyl groups is 2. The van der Waals surface area contributed by atoms with E-state index in [0.717, 1.165) is 10.8 Å². The summed E-state index contributed by atoms with van der Waals surface area (Å²) in [5, 5.41) is 57.7. The monoisotopic (exact) mass is 586 g/mol. The number of hydrogen-bond acceptors (Lipinski definition) is 10. The van der Waals surface area contributed by atoms with Crippen LogP contribution in [0.2, 0.25) is 0 Å². The van der Waals surface area contributed by atoms with Crippen molar-refractivity contribution >= 4 is 33.7 Å². The fourth-order valence-corrected chi connectivity index (χ4v) is 4.83. The van der Waals surface area contributed by atoms with Crippen LogP contribution in [-0.2, 0) is 0 Å². The summed E-state index contributed by atoms with van der Waals surface area (Å²) in [4.78, 5) is 32.5. The molecule has 44 heavy (non-hydrogen) atoms. The van der Waals surface area contributed by atoms with Crippen molar-refractivity contribution < 1.29 is 30.0 Å². The Hall–Kier alpha value is -6.70. The van der Waals surface area contributed by atoms with Crippen molar-refractivity contribution in [2.24, 2.45) is 0 Å². The second-order valence-electron chi connectivity index (χ2n) is 9.66. The van der Waals surface area contributed by atoms with Gasteiger partial charge in [-0.2, -0.15) is 0 Å². The summed E-state index contributed by atoms with van der Waals surface area (Å²) >= 11 is 0. The molecule has 0 aliphatic carbocycles. The Morgan fingerprint density at radius 2 is 0.955 bits per heavy atom. The van der Waals surface area contributed by atoms with Crippen LogP contribution in [0.1, 0.15) is 20.7 Å². The van der Waals surface area contributed by atoms with Gasteiger partial charge < -0.3 is 20.4 Å². The SMILES string of the molecule is O=C(O)c1cccc(-n2cc(-c3ccc4ccc5ccc(-c6cn(-c7cccc(C(=O)O)c7O)nn6)nc5c4n3)nn2)c1O. The van der Waals surface area contributed by atoms with Gasteiger partial charge in [-0.15, -0.1) is 10.2 Å². The van der Waals surface area contributed by atoms with Crippen LogP contribution in [0.15, 0.2) is 85.2 Å². The quantitative estimate of drug-likeness (QED) is 0.204. The maximum absolute atomic E-state index is 11.4. The van der Waals surface area contributed by atoms with Gasteiger partial charge in [-0.3, -0.25) is 0 Å². The number of phenols is 2. The van der Waals surface area contributed by atoms with Gasteiger partial charge in [0.2, 0.25) is 0 Å². The zero-order valence-electron chi connectivity index (χ0n) is 22.3. The first kappa shape index (κ1) is 26.2. The van der Waals surface area contributed by atoms with Crippen LogP contribution in [0.5, 0.6) is 11.5 Å². The number of aromatic carboxylic acids is 2. The maximum Gasteiger partial charge on any atom is 0.339 e. The van der Waals surface area contributed by atoms with Crippen LogP contribution >= 0.6 is 0 Å². The molecular formula is C30H18N8O6. The van der Waals surface area contributed by atoms with Crippen molar-refractivity contribution in [1.29, 1.82) is 0 Å². The number of carbonyl (C=O) groups is 2. The lowest BCUT2D eigenvalue weighted by Gasteiger charge is -2.07. The predicted octanol–water partition coefficient (Wildman–Crippen LogP) is 4.09. The van der Waals surface area contributed by atoms with Crippen LogP contribution in [0.3, 0.4) is 0 Å². The Bertz CT molecular complexity index is 2130. The number of benzene rings is 3. The van der Waals surface area contributed by atoms with E-state index in [9.17, 15) is 30.0 Å². The van der Waals surface area contributed by atoms with Crippen molar-refractivity contribution in [1.82, 2.24) is 40.0 Å². The number of carboxylic acids is 2. The molecule has 0 aliphatic rings. The molecular weight excluding hydrogens is 568 g/mol. The summed E-state index contributed by atoms with van der Waals surface area (Å²) in [7, 11) is 0. The molecule has 4 N–H and O–H groups in total. The highest BCUT2D eigenvalue weighted by Crippen LogP contribution is 2.31. The molecule has 0 radical (unpaired) electrons. The highest BCUT2D eigenvalue weighted by atomic mass is 16.4. The third kappa shape index (κ3) is 4.30. The molecule has 3 aromatic carbocycles. The highest BCUT2D eigenvalue weighted by molar-refractivity contribution is 6.04. The standard InChI is InChI=1S/C30H18N8O6/c39-27-17(29(41)42)3-1-5-23(27)37-13-21(33-35-37)19-11-9-15-7-8-16-10-12-20(32-26(16)25(15)31-19)22-14-38(36-34-22)24-6-2-4-18(28(24)40)30(43)44/h1-14,39-40H,(H,41,42)(H,43,44). The van der Waals surface area contributed by atoms with Crippen molar-refractivity contribution in [3.63, 3.8) is 0 Å². The first-order valence-electron chi connectivity index (χ1n) is 13.0. The molecule has 4 aromatic heterocycles. The number of hydrogen-bond donors (Lipinski definition) is 4. The number of nitrogens with zero attached hydrogens (tertiary/aromatic N) is 8. The predicted molar refractivity (Wildman–Crippen MR) is 155 cm³/mol. The molecule has 14 heteroatoms. The second kappa shape index (κ2) is 9.99. The normalized spacial score (nSPS) is 11.3. The molecule has 0 bridgehead atoms. The average molecular weight is 587 g/mol. The van der Waals surface area contributed by atoms with Gasteiger partial charge in [0.1, 0.15) is 33.9 Å². The molecule has 214 valence electrons. The molecule has 0 saturated heterocycles. The molecule has 0 amide bonds. The fourth-order valence-electron chi connectivity index (χ4n) is 4.83. The highest BCUT2D eigenvalue weighted by Gasteiger charge is 2.18. The van der Waals surface area contributed by atoms with E-state index in [4.69, 9.17) is 9.97 Å². The van der Waals surface area contributed by atoms with E-state index < -0.39 is 23.4 Å². The van der Waals surface area contributed by atoms with E-state index >= 15 is 0 Å². The molecule has 0 saturated carbocycles. The van der Waals surface area contributed by atoms with Gasteiger partial charge in [-0.05, 0) is 36.4 Å². The molecule has 14 nitrogen and oxygen atoms in total. The Kier molecular flexibility index (Phi) is 5.95. The van der Waals surface area contributed by atoms with Crippen LogP contribution in [0.4, 0.5) is 0 Å². The van der Waals surface area contributed by atoms with Gasteiger partial charge in [0, 0.05) is 10.8 Å². The Labute approximate surface area is 245 Å². The second-order valence-corrected chi connectivity index (χ2v) is 9.66. The number of para-hydroxylation sites is 2. The molecule has 7 aromatic rings. The lowest BCUT2D eigenvalue weighted by molar-refractivity contribution is 0.0682. The Morgan fingerprint density at radius 1 is 0.545 bits per heavy atom. The number of fused-ring (bicyclic) bond motifs is 3. The smallest absolute Gasteiger partial charge is 0.339 e. The maximum atomic E-state index is 11.4. The lowest BCUT2D eigenvalue weighted by atomic mass is 10.1. The van der Waals surface area contributed by atoms with Crippen molar-refractivity contribution in [2.45, 2.75) is 0 Å². The lowest BCUT2D eigenvalue weighted by Crippen LogP contribution is -2.01. The first-order valence-corrected chi connectivity index (χ1v) is 13.0. The van der Waals surface area contributed by atoms with Crippen molar-refractivity contribution in [2.75, 3.05) is 0 Å². The summed E-state index contributed by atoms with van der Waals surface area (Å²) in [6, 6.07) is 19.7. The number of carboxylic acid groups (broad SMARTS) is 2. The largest absolute Gasteiger partial charge is 0.505 e. The number of aromatic nitrogens is 8. The third-order valence-corrected chi connectivity index (χ3v) is 7.02.